The van der Waals surface area contributed by atoms with Gasteiger partial charge in [-0.1, -0.05) is 30.3 Å². The lowest BCUT2D eigenvalue weighted by atomic mass is 10.0. The number of carbonyl (C=O) groups is 1. The van der Waals surface area contributed by atoms with Gasteiger partial charge in [0.2, 0.25) is 0 Å². The molecule has 1 saturated heterocycles. The maximum absolute atomic E-state index is 12.8. The third kappa shape index (κ3) is 4.83. The predicted octanol–water partition coefficient (Wildman–Crippen LogP) is 2.88. The predicted molar refractivity (Wildman–Crippen MR) is 105 cm³/mol. The number of halogens is 3. The fourth-order valence-electron chi connectivity index (χ4n) is 3.30. The van der Waals surface area contributed by atoms with Crippen molar-refractivity contribution in [2.45, 2.75) is 24.1 Å². The molecule has 0 radical (unpaired) electrons. The fraction of sp³-hybridized carbons (Fsp3) is 0.350. The summed E-state index contributed by atoms with van der Waals surface area (Å²) in [5.41, 5.74) is -4.34. The molecule has 7 nitrogen and oxygen atoms in total. The molecule has 0 aromatic heterocycles. The highest BCUT2D eigenvalue weighted by Crippen LogP contribution is 2.34. The van der Waals surface area contributed by atoms with Gasteiger partial charge in [-0.05, 0) is 23.8 Å². The Morgan fingerprint density at radius 2 is 1.74 bits per heavy atom. The second-order valence-corrected chi connectivity index (χ2v) is 8.35. The fourth-order valence-corrected chi connectivity index (χ4v) is 3.79. The topological polar surface area (TPSA) is 82.1 Å². The Morgan fingerprint density at radius 3 is 2.29 bits per heavy atom. The number of methoxy groups -OCH3 is 2. The van der Waals surface area contributed by atoms with Crippen molar-refractivity contribution in [2.75, 3.05) is 25.7 Å². The SMILES string of the molecule is COC1CN(c2ccc(OS(=O)(=O)C(F)(F)F)c(Cc3ccccc3)c2)C(=O)C1OC. The minimum absolute atomic E-state index is 0.0842. The van der Waals surface area contributed by atoms with Crippen molar-refractivity contribution in [3.8, 4) is 5.75 Å². The van der Waals surface area contributed by atoms with Crippen LogP contribution in [0, 0.1) is 0 Å². The molecule has 168 valence electrons. The van der Waals surface area contributed by atoms with Gasteiger partial charge in [0.15, 0.2) is 6.10 Å². The minimum Gasteiger partial charge on any atom is -0.376 e. The van der Waals surface area contributed by atoms with Gasteiger partial charge in [0.25, 0.3) is 5.91 Å². The number of alkyl halides is 3. The second kappa shape index (κ2) is 8.85. The molecule has 31 heavy (non-hydrogen) atoms. The summed E-state index contributed by atoms with van der Waals surface area (Å²) in [7, 11) is -3.04. The largest absolute Gasteiger partial charge is 0.534 e. The highest BCUT2D eigenvalue weighted by Gasteiger charge is 2.49. The van der Waals surface area contributed by atoms with E-state index in [0.29, 0.717) is 11.3 Å². The maximum Gasteiger partial charge on any atom is 0.534 e. The zero-order valence-electron chi connectivity index (χ0n) is 16.6. The van der Waals surface area contributed by atoms with Gasteiger partial charge in [-0.3, -0.25) is 4.79 Å². The van der Waals surface area contributed by atoms with Crippen LogP contribution >= 0.6 is 0 Å². The first-order valence-corrected chi connectivity index (χ1v) is 10.5. The molecule has 3 rings (SSSR count). The van der Waals surface area contributed by atoms with Crippen LogP contribution in [0.15, 0.2) is 48.5 Å². The van der Waals surface area contributed by atoms with Crippen molar-refractivity contribution in [3.05, 3.63) is 59.7 Å². The molecule has 1 heterocycles. The molecule has 2 aromatic rings. The summed E-state index contributed by atoms with van der Waals surface area (Å²) in [6.07, 6.45) is -1.28. The molecule has 0 aliphatic carbocycles. The van der Waals surface area contributed by atoms with Crippen LogP contribution in [0.25, 0.3) is 0 Å². The van der Waals surface area contributed by atoms with Crippen LogP contribution in [0.1, 0.15) is 11.1 Å². The zero-order chi connectivity index (χ0) is 22.8. The van der Waals surface area contributed by atoms with Crippen LogP contribution in [-0.2, 0) is 30.8 Å². The summed E-state index contributed by atoms with van der Waals surface area (Å²) in [6.45, 7) is 0.166. The van der Waals surface area contributed by atoms with Gasteiger partial charge >= 0.3 is 15.6 Å². The van der Waals surface area contributed by atoms with Crippen molar-refractivity contribution < 1.29 is 40.0 Å². The van der Waals surface area contributed by atoms with Crippen molar-refractivity contribution >= 4 is 21.7 Å². The summed E-state index contributed by atoms with van der Waals surface area (Å²) in [6, 6.07) is 12.6. The second-order valence-electron chi connectivity index (χ2n) is 6.82. The van der Waals surface area contributed by atoms with E-state index in [1.807, 2.05) is 0 Å². The van der Waals surface area contributed by atoms with Gasteiger partial charge in [-0.15, -0.1) is 0 Å². The van der Waals surface area contributed by atoms with E-state index in [0.717, 1.165) is 6.07 Å². The lowest BCUT2D eigenvalue weighted by Gasteiger charge is -2.19. The van der Waals surface area contributed by atoms with E-state index >= 15 is 0 Å². The normalized spacial score (nSPS) is 19.6. The monoisotopic (exact) mass is 459 g/mol. The van der Waals surface area contributed by atoms with E-state index in [-0.39, 0.29) is 24.4 Å². The van der Waals surface area contributed by atoms with Crippen LogP contribution in [0.5, 0.6) is 5.75 Å². The third-order valence-corrected chi connectivity index (χ3v) is 5.81. The average molecular weight is 459 g/mol. The summed E-state index contributed by atoms with van der Waals surface area (Å²) in [5.74, 6) is -0.847. The van der Waals surface area contributed by atoms with Crippen LogP contribution < -0.4 is 9.08 Å². The smallest absolute Gasteiger partial charge is 0.376 e. The lowest BCUT2D eigenvalue weighted by molar-refractivity contribution is -0.129. The van der Waals surface area contributed by atoms with Crippen molar-refractivity contribution in [2.24, 2.45) is 0 Å². The van der Waals surface area contributed by atoms with Gasteiger partial charge in [-0.25, -0.2) is 0 Å². The van der Waals surface area contributed by atoms with E-state index in [4.69, 9.17) is 9.47 Å². The molecule has 11 heteroatoms. The number of rotatable bonds is 7. The Morgan fingerprint density at radius 1 is 1.06 bits per heavy atom. The molecule has 2 unspecified atom stereocenters. The molecule has 0 N–H and O–H groups in total. The van der Waals surface area contributed by atoms with Crippen molar-refractivity contribution in [1.82, 2.24) is 0 Å². The molecule has 2 atom stereocenters. The molecule has 0 spiro atoms. The van der Waals surface area contributed by atoms with Crippen LogP contribution in [0.2, 0.25) is 0 Å². The van der Waals surface area contributed by atoms with E-state index < -0.39 is 33.6 Å². The molecule has 1 amide bonds. The van der Waals surface area contributed by atoms with E-state index in [1.165, 1.54) is 31.3 Å². The Bertz CT molecular complexity index is 1040. The summed E-state index contributed by atoms with van der Waals surface area (Å²) in [5, 5.41) is 0. The maximum atomic E-state index is 12.8. The molecule has 1 aliphatic heterocycles. The van der Waals surface area contributed by atoms with Crippen LogP contribution in [-0.4, -0.2) is 52.8 Å². The van der Waals surface area contributed by atoms with Crippen LogP contribution in [0.3, 0.4) is 0 Å². The third-order valence-electron chi connectivity index (χ3n) is 4.84. The van der Waals surface area contributed by atoms with E-state index in [9.17, 15) is 26.4 Å². The Hall–Kier alpha value is -2.63. The number of ether oxygens (including phenoxy) is 2. The standard InChI is InChI=1S/C20H20F3NO6S/c1-28-17-12-24(19(25)18(17)29-2)15-8-9-16(30-31(26,27)20(21,22)23)14(11-15)10-13-6-4-3-5-7-13/h3-9,11,17-18H,10,12H2,1-2H3. The molecule has 1 aliphatic rings. The summed E-state index contributed by atoms with van der Waals surface area (Å²) >= 11 is 0. The van der Waals surface area contributed by atoms with Gasteiger partial charge in [0.1, 0.15) is 11.9 Å². The molecule has 0 saturated carbocycles. The first-order valence-electron chi connectivity index (χ1n) is 9.12. The van der Waals surface area contributed by atoms with Gasteiger partial charge < -0.3 is 18.6 Å². The number of hydrogen-bond acceptors (Lipinski definition) is 6. The number of benzene rings is 2. The number of nitrogens with zero attached hydrogens (tertiary/aromatic N) is 1. The van der Waals surface area contributed by atoms with E-state index in [1.54, 1.807) is 30.3 Å². The van der Waals surface area contributed by atoms with Gasteiger partial charge in [0.05, 0.1) is 6.54 Å². The number of hydrogen-bond donors (Lipinski definition) is 0. The Labute approximate surface area is 177 Å². The molecular weight excluding hydrogens is 439 g/mol. The number of amides is 1. The highest BCUT2D eigenvalue weighted by atomic mass is 32.2. The Balaban J connectivity index is 2.00. The average Bonchev–Trinajstić information content (AvgIpc) is 3.04. The van der Waals surface area contributed by atoms with Crippen molar-refractivity contribution in [1.29, 1.82) is 0 Å². The molecule has 0 bridgehead atoms. The van der Waals surface area contributed by atoms with Gasteiger partial charge in [0, 0.05) is 31.9 Å². The van der Waals surface area contributed by atoms with Crippen molar-refractivity contribution in [3.63, 3.8) is 0 Å². The summed E-state index contributed by atoms with van der Waals surface area (Å²) < 4.78 is 76.4. The molecule has 2 aromatic carbocycles. The highest BCUT2D eigenvalue weighted by molar-refractivity contribution is 7.88. The quantitative estimate of drug-likeness (QED) is 0.468. The lowest BCUT2D eigenvalue weighted by Crippen LogP contribution is -2.32. The number of carbonyl (C=O) groups excluding carboxylic acids is 1. The first-order chi connectivity index (χ1) is 14.6. The minimum atomic E-state index is -5.85. The van der Waals surface area contributed by atoms with Gasteiger partial charge in [-0.2, -0.15) is 21.6 Å². The van der Waals surface area contributed by atoms with E-state index in [2.05, 4.69) is 4.18 Å². The summed E-state index contributed by atoms with van der Waals surface area (Å²) in [4.78, 5) is 14.0. The first kappa shape index (κ1) is 23.0. The zero-order valence-corrected chi connectivity index (χ0v) is 17.4. The van der Waals surface area contributed by atoms with Crippen LogP contribution in [0.4, 0.5) is 18.9 Å². The Kier molecular flexibility index (Phi) is 6.58. The molecular formula is C20H20F3NO6S. The molecule has 1 fully saturated rings. The number of anilines is 1.